The van der Waals surface area contributed by atoms with Gasteiger partial charge in [-0.1, -0.05) is 24.3 Å². The van der Waals surface area contributed by atoms with Gasteiger partial charge in [0.2, 0.25) is 11.6 Å². The number of hydrogen-bond donors (Lipinski definition) is 2. The summed E-state index contributed by atoms with van der Waals surface area (Å²) in [6.45, 7) is 3.05. The fourth-order valence-electron chi connectivity index (χ4n) is 2.77. The van der Waals surface area contributed by atoms with E-state index in [0.717, 1.165) is 0 Å². The Morgan fingerprint density at radius 3 is 1.54 bits per heavy atom. The topological polar surface area (TPSA) is 72.9 Å². The number of nitrogens with one attached hydrogen (secondary N) is 1. The van der Waals surface area contributed by atoms with Gasteiger partial charge in [-0.3, -0.25) is 4.79 Å². The Labute approximate surface area is 141 Å². The molecule has 1 unspecified atom stereocenters. The lowest BCUT2D eigenvalue weighted by Gasteiger charge is -2.47. The Hall–Kier alpha value is -3.02. The molecule has 0 spiro atoms. The Balaban J connectivity index is 2.60. The number of carboxylic acid groups (broad SMARTS) is 1. The normalized spacial score (nSPS) is 17.6. The highest BCUT2D eigenvalue weighted by atomic mass is 16.4. The van der Waals surface area contributed by atoms with Crippen LogP contribution in [0.25, 0.3) is 0 Å². The van der Waals surface area contributed by atoms with Gasteiger partial charge in [0, 0.05) is 31.7 Å². The van der Waals surface area contributed by atoms with Crippen LogP contribution in [0.3, 0.4) is 0 Å². The number of nitrogens with zero attached hydrogens (tertiary/aromatic N) is 2. The quantitative estimate of drug-likeness (QED) is 0.809. The first-order valence-electron chi connectivity index (χ1n) is 7.60. The van der Waals surface area contributed by atoms with Crippen LogP contribution < -0.4 is 5.32 Å². The predicted octanol–water partition coefficient (Wildman–Crippen LogP) is 2.09. The lowest BCUT2D eigenvalue weighted by atomic mass is 9.97. The highest BCUT2D eigenvalue weighted by molar-refractivity contribution is 5.82. The van der Waals surface area contributed by atoms with E-state index in [-0.39, 0.29) is 5.91 Å². The molecule has 2 N–H and O–H groups in total. The van der Waals surface area contributed by atoms with Crippen molar-refractivity contribution in [3.05, 3.63) is 73.4 Å². The monoisotopic (exact) mass is 327 g/mol. The van der Waals surface area contributed by atoms with Crippen LogP contribution in [0.5, 0.6) is 0 Å². The summed E-state index contributed by atoms with van der Waals surface area (Å²) in [4.78, 5) is 27.2. The molecule has 2 aliphatic rings. The number of carbonyl (C=O) groups excluding carboxylic acids is 1. The van der Waals surface area contributed by atoms with E-state index in [0.29, 0.717) is 0 Å². The molecule has 0 aromatic carbocycles. The maximum atomic E-state index is 12.5. The van der Waals surface area contributed by atoms with Crippen LogP contribution in [0, 0.1) is 0 Å². The third-order valence-corrected chi connectivity index (χ3v) is 3.78. The summed E-state index contributed by atoms with van der Waals surface area (Å²) in [5.74, 6) is -1.38. The molecule has 2 heterocycles. The molecule has 0 aromatic rings. The largest absolute Gasteiger partial charge is 0.478 e. The van der Waals surface area contributed by atoms with Crippen molar-refractivity contribution < 1.29 is 14.7 Å². The highest BCUT2D eigenvalue weighted by Gasteiger charge is 2.52. The minimum absolute atomic E-state index is 0.296. The molecule has 0 aliphatic carbocycles. The number of hydrogen-bond acceptors (Lipinski definition) is 4. The summed E-state index contributed by atoms with van der Waals surface area (Å²) in [6, 6.07) is -0.715. The Kier molecular flexibility index (Phi) is 5.42. The number of aliphatic carboxylic acids is 1. The number of rotatable bonds is 5. The van der Waals surface area contributed by atoms with E-state index < -0.39 is 17.7 Å². The van der Waals surface area contributed by atoms with Crippen LogP contribution >= 0.6 is 0 Å². The smallest absolute Gasteiger partial charge is 0.353 e. The molecule has 0 bridgehead atoms. The van der Waals surface area contributed by atoms with E-state index in [1.165, 1.54) is 6.92 Å². The van der Waals surface area contributed by atoms with Crippen molar-refractivity contribution in [2.24, 2.45) is 0 Å². The third-order valence-electron chi connectivity index (χ3n) is 3.78. The van der Waals surface area contributed by atoms with Gasteiger partial charge >= 0.3 is 5.97 Å². The molecule has 0 saturated carbocycles. The second-order valence-electron chi connectivity index (χ2n) is 5.40. The van der Waals surface area contributed by atoms with Gasteiger partial charge < -0.3 is 20.2 Å². The van der Waals surface area contributed by atoms with Crippen molar-refractivity contribution >= 4 is 11.9 Å². The van der Waals surface area contributed by atoms with Crippen LogP contribution in [-0.4, -0.2) is 38.5 Å². The molecule has 126 valence electrons. The third kappa shape index (κ3) is 3.32. The number of allylic oxidation sites excluding steroid dienone is 8. The Morgan fingerprint density at radius 2 is 1.25 bits per heavy atom. The molecular formula is C18H21N3O3. The van der Waals surface area contributed by atoms with Gasteiger partial charge in [-0.25, -0.2) is 4.79 Å². The van der Waals surface area contributed by atoms with Gasteiger partial charge in [0.15, 0.2) is 0 Å². The van der Waals surface area contributed by atoms with Crippen molar-refractivity contribution in [2.75, 3.05) is 0 Å². The molecule has 0 fully saturated rings. The number of amides is 1. The summed E-state index contributed by atoms with van der Waals surface area (Å²) in [7, 11) is 0. The van der Waals surface area contributed by atoms with Gasteiger partial charge in [-0.05, 0) is 31.2 Å². The second kappa shape index (κ2) is 7.50. The summed E-state index contributed by atoms with van der Waals surface area (Å²) < 4.78 is 0. The van der Waals surface area contributed by atoms with Crippen molar-refractivity contribution in [1.29, 1.82) is 0 Å². The Bertz CT molecular complexity index is 601. The van der Waals surface area contributed by atoms with E-state index in [2.05, 4.69) is 5.32 Å². The van der Waals surface area contributed by atoms with E-state index in [4.69, 9.17) is 0 Å². The van der Waals surface area contributed by atoms with Gasteiger partial charge in [0.25, 0.3) is 0 Å². The van der Waals surface area contributed by atoms with Crippen LogP contribution in [0.4, 0.5) is 0 Å². The van der Waals surface area contributed by atoms with Gasteiger partial charge in [0.1, 0.15) is 0 Å². The van der Waals surface area contributed by atoms with Crippen LogP contribution in [0.15, 0.2) is 73.4 Å². The molecule has 0 saturated heterocycles. The first kappa shape index (κ1) is 17.3. The van der Waals surface area contributed by atoms with E-state index >= 15 is 0 Å². The zero-order valence-electron chi connectivity index (χ0n) is 13.7. The molecule has 6 nitrogen and oxygen atoms in total. The van der Waals surface area contributed by atoms with Crippen LogP contribution in [-0.2, 0) is 9.59 Å². The standard InChI is InChI=1S/C18H21N3O3/c1-15(19-16(2)22)18(17(23)24,20-11-7-3-4-8-12-20)21-13-9-5-6-10-14-21/h3-15H,1-2H3,(H,19,22)(H,23,24). The Morgan fingerprint density at radius 1 is 0.875 bits per heavy atom. The van der Waals surface area contributed by atoms with E-state index in [9.17, 15) is 14.7 Å². The molecule has 0 aromatic heterocycles. The lowest BCUT2D eigenvalue weighted by Crippen LogP contribution is -2.69. The van der Waals surface area contributed by atoms with Crippen LogP contribution in [0.2, 0.25) is 0 Å². The molecule has 24 heavy (non-hydrogen) atoms. The zero-order chi connectivity index (χ0) is 17.6. The average molecular weight is 327 g/mol. The maximum Gasteiger partial charge on any atom is 0.353 e. The second-order valence-corrected chi connectivity index (χ2v) is 5.40. The lowest BCUT2D eigenvalue weighted by molar-refractivity contribution is -0.159. The molecular weight excluding hydrogens is 306 g/mol. The summed E-state index contributed by atoms with van der Waals surface area (Å²) in [5.41, 5.74) is -1.57. The SMILES string of the molecule is CC(=O)NC(C)C(C(=O)O)(N1C=CC=CC=C1)N1C=CC=CC=C1. The van der Waals surface area contributed by atoms with E-state index in [1.807, 2.05) is 24.3 Å². The van der Waals surface area contributed by atoms with Crippen molar-refractivity contribution in [3.63, 3.8) is 0 Å². The van der Waals surface area contributed by atoms with Crippen molar-refractivity contribution in [1.82, 2.24) is 15.1 Å². The summed E-state index contributed by atoms with van der Waals surface area (Å²) >= 11 is 0. The average Bonchev–Trinajstić information content (AvgIpc) is 2.92. The van der Waals surface area contributed by atoms with Crippen molar-refractivity contribution in [2.45, 2.75) is 25.6 Å². The predicted molar refractivity (Wildman–Crippen MR) is 92.2 cm³/mol. The van der Waals surface area contributed by atoms with Gasteiger partial charge in [0.05, 0.1) is 6.04 Å². The van der Waals surface area contributed by atoms with Gasteiger partial charge in [-0.2, -0.15) is 0 Å². The zero-order valence-corrected chi connectivity index (χ0v) is 13.7. The maximum absolute atomic E-state index is 12.5. The minimum Gasteiger partial charge on any atom is -0.478 e. The fourth-order valence-corrected chi connectivity index (χ4v) is 2.77. The first-order valence-corrected chi connectivity index (χ1v) is 7.60. The minimum atomic E-state index is -1.57. The number of carboxylic acids is 1. The van der Waals surface area contributed by atoms with E-state index in [1.54, 1.807) is 65.8 Å². The molecule has 1 amide bonds. The summed E-state index contributed by atoms with van der Waals surface area (Å²) in [5, 5.41) is 12.9. The van der Waals surface area contributed by atoms with Gasteiger partial charge in [-0.15, -0.1) is 0 Å². The molecule has 6 heteroatoms. The molecule has 2 rings (SSSR count). The molecule has 1 atom stereocenters. The van der Waals surface area contributed by atoms with Crippen LogP contribution in [0.1, 0.15) is 13.8 Å². The fraction of sp³-hybridized carbons (Fsp3) is 0.222. The number of carbonyl (C=O) groups is 2. The molecule has 2 aliphatic heterocycles. The highest BCUT2D eigenvalue weighted by Crippen LogP contribution is 2.29. The first-order chi connectivity index (χ1) is 11.5. The van der Waals surface area contributed by atoms with Crippen molar-refractivity contribution in [3.8, 4) is 0 Å². The molecule has 0 radical (unpaired) electrons. The summed E-state index contributed by atoms with van der Waals surface area (Å²) in [6.07, 6.45) is 20.9.